The monoisotopic (exact) mass is 343 g/mol. The van der Waals surface area contributed by atoms with Gasteiger partial charge in [-0.25, -0.2) is 0 Å². The Balaban J connectivity index is 1.72. The zero-order valence-corrected chi connectivity index (χ0v) is 15.4. The predicted molar refractivity (Wildman–Crippen MR) is 99.1 cm³/mol. The molecule has 0 amide bonds. The Morgan fingerprint density at radius 1 is 1.28 bits per heavy atom. The number of benzene rings is 1. The van der Waals surface area contributed by atoms with E-state index in [1.165, 1.54) is 18.4 Å². The number of likely N-dealkylation sites (tertiary alicyclic amines) is 1. The standard InChI is InChI=1S/C20H29N3O2/c1-3-4-14-25-20-17(8-5-10-19(20)24-2)15-22-12-6-9-18(22)16-23-13-7-11-21-23/h5,7-8,10-11,13,18H,3-4,6,9,12,14-16H2,1-2H3. The summed E-state index contributed by atoms with van der Waals surface area (Å²) in [6.07, 6.45) is 8.53. The summed E-state index contributed by atoms with van der Waals surface area (Å²) in [4.78, 5) is 2.54. The molecular formula is C20H29N3O2. The van der Waals surface area contributed by atoms with Gasteiger partial charge in [-0.15, -0.1) is 0 Å². The van der Waals surface area contributed by atoms with E-state index in [-0.39, 0.29) is 0 Å². The summed E-state index contributed by atoms with van der Waals surface area (Å²) < 4.78 is 13.7. The number of unbranched alkanes of at least 4 members (excludes halogenated alkanes) is 1. The average molecular weight is 343 g/mol. The fourth-order valence-electron chi connectivity index (χ4n) is 3.48. The molecule has 1 aliphatic heterocycles. The van der Waals surface area contributed by atoms with Gasteiger partial charge in [-0.2, -0.15) is 5.10 Å². The molecule has 5 heteroatoms. The maximum atomic E-state index is 6.08. The van der Waals surface area contributed by atoms with Gasteiger partial charge in [0.15, 0.2) is 11.5 Å². The number of hydrogen-bond acceptors (Lipinski definition) is 4. The van der Waals surface area contributed by atoms with Gasteiger partial charge in [0.2, 0.25) is 0 Å². The summed E-state index contributed by atoms with van der Waals surface area (Å²) in [6.45, 7) is 5.88. The summed E-state index contributed by atoms with van der Waals surface area (Å²) in [6, 6.07) is 8.71. The Bertz CT molecular complexity index is 642. The van der Waals surface area contributed by atoms with Gasteiger partial charge in [0, 0.05) is 30.5 Å². The van der Waals surface area contributed by atoms with Crippen LogP contribution in [0.25, 0.3) is 0 Å². The minimum absolute atomic E-state index is 0.523. The average Bonchev–Trinajstić information content (AvgIpc) is 3.29. The fraction of sp³-hybridized carbons (Fsp3) is 0.550. The van der Waals surface area contributed by atoms with Crippen LogP contribution in [-0.4, -0.2) is 41.0 Å². The molecule has 1 fully saturated rings. The lowest BCUT2D eigenvalue weighted by molar-refractivity contribution is 0.212. The molecule has 1 unspecified atom stereocenters. The van der Waals surface area contributed by atoms with Crippen molar-refractivity contribution in [2.45, 2.75) is 51.7 Å². The topological polar surface area (TPSA) is 39.5 Å². The molecule has 0 aliphatic carbocycles. The van der Waals surface area contributed by atoms with Gasteiger partial charge < -0.3 is 9.47 Å². The van der Waals surface area contributed by atoms with E-state index in [4.69, 9.17) is 9.47 Å². The summed E-state index contributed by atoms with van der Waals surface area (Å²) in [5.74, 6) is 1.74. The number of rotatable bonds is 9. The first-order valence-corrected chi connectivity index (χ1v) is 9.32. The molecule has 1 aromatic heterocycles. The van der Waals surface area contributed by atoms with Crippen LogP contribution in [0.3, 0.4) is 0 Å². The lowest BCUT2D eigenvalue weighted by Gasteiger charge is -2.26. The van der Waals surface area contributed by atoms with Gasteiger partial charge in [-0.1, -0.05) is 25.5 Å². The quantitative estimate of drug-likeness (QED) is 0.650. The van der Waals surface area contributed by atoms with Crippen LogP contribution in [-0.2, 0) is 13.1 Å². The number of aromatic nitrogens is 2. The molecule has 0 saturated carbocycles. The molecule has 1 atom stereocenters. The minimum Gasteiger partial charge on any atom is -0.493 e. The van der Waals surface area contributed by atoms with Crippen LogP contribution in [0.5, 0.6) is 11.5 Å². The highest BCUT2D eigenvalue weighted by Crippen LogP contribution is 2.33. The Morgan fingerprint density at radius 2 is 2.20 bits per heavy atom. The highest BCUT2D eigenvalue weighted by atomic mass is 16.5. The van der Waals surface area contributed by atoms with Crippen molar-refractivity contribution in [1.29, 1.82) is 0 Å². The highest BCUT2D eigenvalue weighted by molar-refractivity contribution is 5.46. The van der Waals surface area contributed by atoms with Crippen LogP contribution in [0.2, 0.25) is 0 Å². The lowest BCUT2D eigenvalue weighted by atomic mass is 10.1. The van der Waals surface area contributed by atoms with E-state index in [1.54, 1.807) is 7.11 Å². The number of hydrogen-bond donors (Lipinski definition) is 0. The number of para-hydroxylation sites is 1. The van der Waals surface area contributed by atoms with Gasteiger partial charge in [0.1, 0.15) is 0 Å². The molecule has 0 bridgehead atoms. The SMILES string of the molecule is CCCCOc1c(CN2CCCC2Cn2cccn2)cccc1OC. The van der Waals surface area contributed by atoms with Crippen LogP contribution < -0.4 is 9.47 Å². The lowest BCUT2D eigenvalue weighted by Crippen LogP contribution is -2.32. The minimum atomic E-state index is 0.523. The molecule has 0 N–H and O–H groups in total. The number of nitrogens with zero attached hydrogens (tertiary/aromatic N) is 3. The smallest absolute Gasteiger partial charge is 0.165 e. The Labute approximate surface area is 150 Å². The maximum Gasteiger partial charge on any atom is 0.165 e. The number of ether oxygens (including phenoxy) is 2. The maximum absolute atomic E-state index is 6.08. The van der Waals surface area contributed by atoms with Crippen LogP contribution >= 0.6 is 0 Å². The molecule has 25 heavy (non-hydrogen) atoms. The van der Waals surface area contributed by atoms with Crippen molar-refractivity contribution >= 4 is 0 Å². The molecule has 2 aromatic rings. The van der Waals surface area contributed by atoms with Crippen LogP contribution in [0.1, 0.15) is 38.2 Å². The van der Waals surface area contributed by atoms with Crippen molar-refractivity contribution in [3.05, 3.63) is 42.2 Å². The number of methoxy groups -OCH3 is 1. The predicted octanol–water partition coefficient (Wildman–Crippen LogP) is 3.74. The second-order valence-electron chi connectivity index (χ2n) is 6.65. The summed E-state index contributed by atoms with van der Waals surface area (Å²) in [5.41, 5.74) is 1.21. The Kier molecular flexibility index (Phi) is 6.34. The first-order valence-electron chi connectivity index (χ1n) is 9.32. The fourth-order valence-corrected chi connectivity index (χ4v) is 3.48. The molecule has 2 heterocycles. The van der Waals surface area contributed by atoms with E-state index < -0.39 is 0 Å². The van der Waals surface area contributed by atoms with E-state index in [9.17, 15) is 0 Å². The van der Waals surface area contributed by atoms with Crippen molar-refractivity contribution in [2.75, 3.05) is 20.3 Å². The molecule has 1 aliphatic rings. The van der Waals surface area contributed by atoms with Crippen molar-refractivity contribution in [3.63, 3.8) is 0 Å². The normalized spacial score (nSPS) is 17.8. The summed E-state index contributed by atoms with van der Waals surface area (Å²) >= 11 is 0. The third-order valence-electron chi connectivity index (χ3n) is 4.85. The Morgan fingerprint density at radius 3 is 2.96 bits per heavy atom. The molecule has 1 aromatic carbocycles. The molecule has 5 nitrogen and oxygen atoms in total. The van der Waals surface area contributed by atoms with Gasteiger partial charge in [-0.3, -0.25) is 9.58 Å². The summed E-state index contributed by atoms with van der Waals surface area (Å²) in [5, 5.41) is 4.36. The first kappa shape index (κ1) is 17.8. The van der Waals surface area contributed by atoms with E-state index in [0.717, 1.165) is 50.6 Å². The molecule has 0 radical (unpaired) electrons. The van der Waals surface area contributed by atoms with E-state index in [2.05, 4.69) is 29.1 Å². The third-order valence-corrected chi connectivity index (χ3v) is 4.85. The second-order valence-corrected chi connectivity index (χ2v) is 6.65. The molecule has 136 valence electrons. The van der Waals surface area contributed by atoms with Crippen molar-refractivity contribution in [3.8, 4) is 11.5 Å². The van der Waals surface area contributed by atoms with Crippen molar-refractivity contribution in [2.24, 2.45) is 0 Å². The largest absolute Gasteiger partial charge is 0.493 e. The molecule has 3 rings (SSSR count). The molecular weight excluding hydrogens is 314 g/mol. The summed E-state index contributed by atoms with van der Waals surface area (Å²) in [7, 11) is 1.71. The van der Waals surface area contributed by atoms with E-state index in [0.29, 0.717) is 6.04 Å². The van der Waals surface area contributed by atoms with E-state index in [1.807, 2.05) is 29.2 Å². The van der Waals surface area contributed by atoms with Crippen LogP contribution in [0.4, 0.5) is 0 Å². The van der Waals surface area contributed by atoms with Crippen molar-refractivity contribution < 1.29 is 9.47 Å². The highest BCUT2D eigenvalue weighted by Gasteiger charge is 2.26. The second kappa shape index (κ2) is 8.90. The molecule has 1 saturated heterocycles. The van der Waals surface area contributed by atoms with E-state index >= 15 is 0 Å². The first-order chi connectivity index (χ1) is 12.3. The van der Waals surface area contributed by atoms with Gasteiger partial charge in [0.05, 0.1) is 20.3 Å². The van der Waals surface area contributed by atoms with Gasteiger partial charge >= 0.3 is 0 Å². The zero-order valence-electron chi connectivity index (χ0n) is 15.4. The third kappa shape index (κ3) is 4.54. The van der Waals surface area contributed by atoms with Gasteiger partial charge in [0.25, 0.3) is 0 Å². The van der Waals surface area contributed by atoms with Crippen LogP contribution in [0.15, 0.2) is 36.7 Å². The Hall–Kier alpha value is -2.01. The zero-order chi connectivity index (χ0) is 17.5. The van der Waals surface area contributed by atoms with Gasteiger partial charge in [-0.05, 0) is 37.9 Å². The van der Waals surface area contributed by atoms with Crippen molar-refractivity contribution in [1.82, 2.24) is 14.7 Å². The van der Waals surface area contributed by atoms with Crippen LogP contribution in [0, 0.1) is 0 Å². The molecule has 0 spiro atoms.